The highest BCUT2D eigenvalue weighted by Crippen LogP contribution is 2.27. The van der Waals surface area contributed by atoms with Crippen LogP contribution in [0.5, 0.6) is 11.5 Å². The zero-order chi connectivity index (χ0) is 21.4. The van der Waals surface area contributed by atoms with Crippen LogP contribution in [0.2, 0.25) is 0 Å². The third kappa shape index (κ3) is 7.12. The van der Waals surface area contributed by atoms with E-state index in [1.165, 1.54) is 5.56 Å². The topological polar surface area (TPSA) is 47.6 Å². The summed E-state index contributed by atoms with van der Waals surface area (Å²) < 4.78 is 11.8. The summed E-state index contributed by atoms with van der Waals surface area (Å²) in [4.78, 5) is 12.8. The van der Waals surface area contributed by atoms with E-state index in [2.05, 4.69) is 37.4 Å². The molecule has 0 aromatic heterocycles. The first-order valence-corrected chi connectivity index (χ1v) is 10.5. The van der Waals surface area contributed by atoms with Gasteiger partial charge in [-0.05, 0) is 69.4 Å². The predicted molar refractivity (Wildman–Crippen MR) is 120 cm³/mol. The Kier molecular flexibility index (Phi) is 8.12. The fraction of sp³-hybridized carbons (Fsp3) is 0.480. The Morgan fingerprint density at radius 2 is 1.90 bits per heavy atom. The molecule has 1 amide bonds. The van der Waals surface area contributed by atoms with Gasteiger partial charge in [-0.2, -0.15) is 0 Å². The number of ether oxygens (including phenoxy) is 2. The average Bonchev–Trinajstić information content (AvgIpc) is 2.68. The SMILES string of the molecule is CCC(C)Oc1cccc(NC(=O)C(C)(C)CCCOc2cc(C)ccc2C)c1. The molecule has 29 heavy (non-hydrogen) atoms. The zero-order valence-corrected chi connectivity index (χ0v) is 18.7. The van der Waals surface area contributed by atoms with Crippen LogP contribution in [-0.4, -0.2) is 18.6 Å². The number of nitrogens with one attached hydrogen (secondary N) is 1. The number of carbonyl (C=O) groups excluding carboxylic acids is 1. The number of aryl methyl sites for hydroxylation is 2. The molecular formula is C25H35NO3. The molecule has 4 heteroatoms. The molecular weight excluding hydrogens is 362 g/mol. The van der Waals surface area contributed by atoms with Crippen LogP contribution in [0.4, 0.5) is 5.69 Å². The molecule has 2 aromatic rings. The first kappa shape index (κ1) is 22.8. The molecule has 0 saturated heterocycles. The van der Waals surface area contributed by atoms with Crippen molar-refractivity contribution in [2.75, 3.05) is 11.9 Å². The van der Waals surface area contributed by atoms with E-state index < -0.39 is 5.41 Å². The van der Waals surface area contributed by atoms with Gasteiger partial charge in [0.25, 0.3) is 0 Å². The highest BCUT2D eigenvalue weighted by Gasteiger charge is 2.27. The second-order valence-corrected chi connectivity index (χ2v) is 8.42. The van der Waals surface area contributed by atoms with E-state index in [0.717, 1.165) is 42.0 Å². The number of hydrogen-bond acceptors (Lipinski definition) is 3. The molecule has 158 valence electrons. The van der Waals surface area contributed by atoms with Gasteiger partial charge in [0.15, 0.2) is 0 Å². The number of amides is 1. The van der Waals surface area contributed by atoms with Crippen molar-refractivity contribution in [3.63, 3.8) is 0 Å². The van der Waals surface area contributed by atoms with Gasteiger partial charge in [0.2, 0.25) is 5.91 Å². The fourth-order valence-corrected chi connectivity index (χ4v) is 2.94. The van der Waals surface area contributed by atoms with Crippen LogP contribution in [0, 0.1) is 19.3 Å². The summed E-state index contributed by atoms with van der Waals surface area (Å²) in [6, 6.07) is 13.8. The Labute approximate surface area is 175 Å². The van der Waals surface area contributed by atoms with Crippen LogP contribution in [0.15, 0.2) is 42.5 Å². The molecule has 2 rings (SSSR count). The van der Waals surface area contributed by atoms with Crippen molar-refractivity contribution in [3.8, 4) is 11.5 Å². The predicted octanol–water partition coefficient (Wildman–Crippen LogP) is 6.30. The molecule has 0 bridgehead atoms. The van der Waals surface area contributed by atoms with Crippen molar-refractivity contribution >= 4 is 11.6 Å². The Morgan fingerprint density at radius 1 is 1.14 bits per heavy atom. The van der Waals surface area contributed by atoms with Gasteiger partial charge in [0.1, 0.15) is 11.5 Å². The van der Waals surface area contributed by atoms with Crippen LogP contribution >= 0.6 is 0 Å². The van der Waals surface area contributed by atoms with Crippen molar-refractivity contribution in [2.45, 2.75) is 66.9 Å². The molecule has 0 saturated carbocycles. The van der Waals surface area contributed by atoms with E-state index in [1.54, 1.807) is 0 Å². The van der Waals surface area contributed by atoms with E-state index in [9.17, 15) is 4.79 Å². The normalized spacial score (nSPS) is 12.3. The molecule has 0 aliphatic rings. The minimum absolute atomic E-state index is 0.00456. The second-order valence-electron chi connectivity index (χ2n) is 8.42. The van der Waals surface area contributed by atoms with Gasteiger partial charge in [-0.3, -0.25) is 4.79 Å². The van der Waals surface area contributed by atoms with E-state index >= 15 is 0 Å². The number of benzene rings is 2. The quantitative estimate of drug-likeness (QED) is 0.478. The van der Waals surface area contributed by atoms with Crippen molar-refractivity contribution in [3.05, 3.63) is 53.6 Å². The minimum Gasteiger partial charge on any atom is -0.493 e. The third-order valence-corrected chi connectivity index (χ3v) is 5.17. The molecule has 0 heterocycles. The lowest BCUT2D eigenvalue weighted by Crippen LogP contribution is -2.31. The monoisotopic (exact) mass is 397 g/mol. The van der Waals surface area contributed by atoms with Gasteiger partial charge in [-0.15, -0.1) is 0 Å². The highest BCUT2D eigenvalue weighted by molar-refractivity contribution is 5.94. The molecule has 0 fully saturated rings. The Bertz CT molecular complexity index is 813. The first-order valence-electron chi connectivity index (χ1n) is 10.5. The smallest absolute Gasteiger partial charge is 0.230 e. The van der Waals surface area contributed by atoms with E-state index in [0.29, 0.717) is 6.61 Å². The summed E-state index contributed by atoms with van der Waals surface area (Å²) in [6.45, 7) is 12.8. The van der Waals surface area contributed by atoms with Crippen LogP contribution in [-0.2, 0) is 4.79 Å². The van der Waals surface area contributed by atoms with Gasteiger partial charge in [-0.1, -0.05) is 39.0 Å². The number of carbonyl (C=O) groups is 1. The van der Waals surface area contributed by atoms with Crippen LogP contribution < -0.4 is 14.8 Å². The van der Waals surface area contributed by atoms with E-state index in [4.69, 9.17) is 9.47 Å². The van der Waals surface area contributed by atoms with Crippen molar-refractivity contribution < 1.29 is 14.3 Å². The summed E-state index contributed by atoms with van der Waals surface area (Å²) in [6.07, 6.45) is 2.64. The molecule has 0 aliphatic heterocycles. The largest absolute Gasteiger partial charge is 0.493 e. The molecule has 1 unspecified atom stereocenters. The maximum absolute atomic E-state index is 12.8. The van der Waals surface area contributed by atoms with Crippen LogP contribution in [0.25, 0.3) is 0 Å². The summed E-state index contributed by atoms with van der Waals surface area (Å²) >= 11 is 0. The summed E-state index contributed by atoms with van der Waals surface area (Å²) in [5, 5.41) is 3.03. The van der Waals surface area contributed by atoms with Crippen molar-refractivity contribution in [1.29, 1.82) is 0 Å². The molecule has 1 atom stereocenters. The Morgan fingerprint density at radius 3 is 2.62 bits per heavy atom. The lowest BCUT2D eigenvalue weighted by Gasteiger charge is -2.24. The van der Waals surface area contributed by atoms with Gasteiger partial charge >= 0.3 is 0 Å². The van der Waals surface area contributed by atoms with Crippen molar-refractivity contribution in [2.24, 2.45) is 5.41 Å². The minimum atomic E-state index is -0.488. The lowest BCUT2D eigenvalue weighted by atomic mass is 9.87. The first-order chi connectivity index (χ1) is 13.7. The highest BCUT2D eigenvalue weighted by atomic mass is 16.5. The standard InChI is InChI=1S/C25H35NO3/c1-7-20(4)29-22-11-8-10-21(17-22)26-24(27)25(5,6)14-9-15-28-23-16-18(2)12-13-19(23)3/h8,10-13,16-17,20H,7,9,14-15H2,1-6H3,(H,26,27). The van der Waals surface area contributed by atoms with Gasteiger partial charge < -0.3 is 14.8 Å². The number of rotatable bonds is 10. The fourth-order valence-electron chi connectivity index (χ4n) is 2.94. The van der Waals surface area contributed by atoms with Gasteiger partial charge in [0.05, 0.1) is 12.7 Å². The zero-order valence-electron chi connectivity index (χ0n) is 18.7. The van der Waals surface area contributed by atoms with E-state index in [-0.39, 0.29) is 12.0 Å². The number of anilines is 1. The van der Waals surface area contributed by atoms with Crippen LogP contribution in [0.3, 0.4) is 0 Å². The molecule has 2 aromatic carbocycles. The average molecular weight is 398 g/mol. The van der Waals surface area contributed by atoms with E-state index in [1.807, 2.05) is 52.0 Å². The van der Waals surface area contributed by atoms with Gasteiger partial charge in [0, 0.05) is 17.2 Å². The summed E-state index contributed by atoms with van der Waals surface area (Å²) in [5.41, 5.74) is 2.59. The van der Waals surface area contributed by atoms with Crippen molar-refractivity contribution in [1.82, 2.24) is 0 Å². The molecule has 0 radical (unpaired) electrons. The molecule has 4 nitrogen and oxygen atoms in total. The third-order valence-electron chi connectivity index (χ3n) is 5.17. The molecule has 0 spiro atoms. The lowest BCUT2D eigenvalue weighted by molar-refractivity contribution is -0.124. The summed E-state index contributed by atoms with van der Waals surface area (Å²) in [5.74, 6) is 1.70. The van der Waals surface area contributed by atoms with Crippen LogP contribution in [0.1, 0.15) is 58.1 Å². The summed E-state index contributed by atoms with van der Waals surface area (Å²) in [7, 11) is 0. The molecule has 0 aliphatic carbocycles. The van der Waals surface area contributed by atoms with Gasteiger partial charge in [-0.25, -0.2) is 0 Å². The number of hydrogen-bond donors (Lipinski definition) is 1. The Balaban J connectivity index is 1.86. The maximum atomic E-state index is 12.8. The maximum Gasteiger partial charge on any atom is 0.230 e. The Hall–Kier alpha value is -2.49. The molecule has 1 N–H and O–H groups in total. The second kappa shape index (κ2) is 10.3.